The summed E-state index contributed by atoms with van der Waals surface area (Å²) in [7, 11) is 0. The van der Waals surface area contributed by atoms with Gasteiger partial charge >= 0.3 is 6.09 Å². The number of hydrogen-bond acceptors (Lipinski definition) is 5. The van der Waals surface area contributed by atoms with E-state index in [0.717, 1.165) is 10.5 Å². The maximum Gasteiger partial charge on any atom is 0.417 e. The Balaban J connectivity index is 1.73. The number of hydrogen-bond donors (Lipinski definition) is 0. The summed E-state index contributed by atoms with van der Waals surface area (Å²) in [5, 5.41) is 10.8. The van der Waals surface area contributed by atoms with E-state index in [4.69, 9.17) is 4.74 Å². The van der Waals surface area contributed by atoms with E-state index in [1.54, 1.807) is 6.07 Å². The van der Waals surface area contributed by atoms with Crippen LogP contribution in [0, 0.1) is 10.1 Å². The van der Waals surface area contributed by atoms with Crippen molar-refractivity contribution in [3.8, 4) is 0 Å². The number of carbonyl (C=O) groups excluding carboxylic acids is 2. The van der Waals surface area contributed by atoms with Crippen LogP contribution in [0.3, 0.4) is 0 Å². The van der Waals surface area contributed by atoms with Crippen molar-refractivity contribution in [2.75, 3.05) is 6.61 Å². The molecule has 132 valence electrons. The Kier molecular flexibility index (Phi) is 5.07. The van der Waals surface area contributed by atoms with Crippen LogP contribution in [0.15, 0.2) is 60.7 Å². The molecule has 1 atom stereocenters. The van der Waals surface area contributed by atoms with Gasteiger partial charge in [-0.1, -0.05) is 42.5 Å². The summed E-state index contributed by atoms with van der Waals surface area (Å²) in [5.41, 5.74) is 1.43. The molecule has 2 aromatic rings. The summed E-state index contributed by atoms with van der Waals surface area (Å²) in [6.45, 7) is 0.143. The molecular weight excluding hydrogens is 336 g/mol. The van der Waals surface area contributed by atoms with Crippen molar-refractivity contribution in [3.05, 3.63) is 81.9 Å². The summed E-state index contributed by atoms with van der Waals surface area (Å²) in [6.07, 6.45) is 2.49. The van der Waals surface area contributed by atoms with Crippen LogP contribution in [-0.4, -0.2) is 34.5 Å². The maximum atomic E-state index is 12.5. The minimum Gasteiger partial charge on any atom is -0.447 e. The zero-order valence-corrected chi connectivity index (χ0v) is 13.8. The molecule has 0 aliphatic carbocycles. The van der Waals surface area contributed by atoms with Gasteiger partial charge in [-0.3, -0.25) is 14.9 Å². The summed E-state index contributed by atoms with van der Waals surface area (Å²) in [6, 6.07) is 15.0. The maximum absolute atomic E-state index is 12.5. The van der Waals surface area contributed by atoms with Crippen molar-refractivity contribution in [1.82, 2.24) is 4.90 Å². The zero-order valence-electron chi connectivity index (χ0n) is 13.8. The van der Waals surface area contributed by atoms with Gasteiger partial charge in [0.1, 0.15) is 6.61 Å². The number of nitro groups is 1. The third-order valence-corrected chi connectivity index (χ3v) is 4.01. The van der Waals surface area contributed by atoms with Crippen molar-refractivity contribution in [3.63, 3.8) is 0 Å². The first-order valence-electron chi connectivity index (χ1n) is 8.01. The molecule has 0 spiro atoms. The quantitative estimate of drug-likeness (QED) is 0.468. The van der Waals surface area contributed by atoms with Crippen LogP contribution < -0.4 is 0 Å². The van der Waals surface area contributed by atoms with Gasteiger partial charge in [0.25, 0.3) is 11.6 Å². The number of cyclic esters (lactones) is 1. The lowest BCUT2D eigenvalue weighted by molar-refractivity contribution is -0.384. The fourth-order valence-corrected chi connectivity index (χ4v) is 2.76. The molecule has 7 heteroatoms. The highest BCUT2D eigenvalue weighted by molar-refractivity contribution is 6.02. The molecule has 1 unspecified atom stereocenters. The smallest absolute Gasteiger partial charge is 0.417 e. The molecular formula is C19H16N2O5. The Morgan fingerprint density at radius 3 is 2.73 bits per heavy atom. The molecule has 0 bridgehead atoms. The number of carbonyl (C=O) groups is 2. The van der Waals surface area contributed by atoms with Gasteiger partial charge in [-0.15, -0.1) is 0 Å². The predicted molar refractivity (Wildman–Crippen MR) is 94.3 cm³/mol. The number of rotatable bonds is 5. The monoisotopic (exact) mass is 352 g/mol. The van der Waals surface area contributed by atoms with E-state index in [-0.39, 0.29) is 18.3 Å². The van der Waals surface area contributed by atoms with Gasteiger partial charge in [0.15, 0.2) is 0 Å². The molecule has 1 saturated heterocycles. The summed E-state index contributed by atoms with van der Waals surface area (Å²) in [4.78, 5) is 35.8. The largest absolute Gasteiger partial charge is 0.447 e. The molecule has 0 N–H and O–H groups in total. The minimum atomic E-state index is -0.681. The second kappa shape index (κ2) is 7.60. The van der Waals surface area contributed by atoms with Crippen LogP contribution in [0.4, 0.5) is 10.5 Å². The molecule has 1 aliphatic rings. The standard InChI is InChI=1S/C19H16N2O5/c22-18(10-9-15-7-4-8-16(11-15)21(24)25)20-17(13-26-19(20)23)12-14-5-2-1-3-6-14/h1-11,17H,12-13H2. The highest BCUT2D eigenvalue weighted by Gasteiger charge is 2.36. The number of non-ortho nitro benzene ring substituents is 1. The molecule has 26 heavy (non-hydrogen) atoms. The van der Waals surface area contributed by atoms with Crippen LogP contribution in [0.5, 0.6) is 0 Å². The normalized spacial score (nSPS) is 16.7. The minimum absolute atomic E-state index is 0.0675. The van der Waals surface area contributed by atoms with Crippen LogP contribution in [0.2, 0.25) is 0 Å². The van der Waals surface area contributed by atoms with Crippen molar-refractivity contribution < 1.29 is 19.2 Å². The van der Waals surface area contributed by atoms with E-state index in [1.165, 1.54) is 30.4 Å². The Morgan fingerprint density at radius 1 is 1.23 bits per heavy atom. The van der Waals surface area contributed by atoms with Crippen molar-refractivity contribution in [2.45, 2.75) is 12.5 Å². The Hall–Kier alpha value is -3.48. The number of benzene rings is 2. The Bertz CT molecular complexity index is 863. The molecule has 1 heterocycles. The molecule has 2 amide bonds. The fourth-order valence-electron chi connectivity index (χ4n) is 2.76. The van der Waals surface area contributed by atoms with Crippen molar-refractivity contribution >= 4 is 23.8 Å². The molecule has 2 aromatic carbocycles. The Labute approximate surface area is 149 Å². The fraction of sp³-hybridized carbons (Fsp3) is 0.158. The van der Waals surface area contributed by atoms with Gasteiger partial charge in [0.05, 0.1) is 11.0 Å². The SMILES string of the molecule is O=C(C=Cc1cccc([N+](=O)[O-])c1)N1C(=O)OCC1Cc1ccccc1. The summed E-state index contributed by atoms with van der Waals surface area (Å²) >= 11 is 0. The first-order chi connectivity index (χ1) is 12.5. The average molecular weight is 352 g/mol. The first kappa shape index (κ1) is 17.3. The molecule has 0 saturated carbocycles. The van der Waals surface area contributed by atoms with Crippen LogP contribution >= 0.6 is 0 Å². The number of ether oxygens (including phenoxy) is 1. The lowest BCUT2D eigenvalue weighted by atomic mass is 10.1. The van der Waals surface area contributed by atoms with Gasteiger partial charge < -0.3 is 4.74 Å². The number of imide groups is 1. The molecule has 1 fully saturated rings. The highest BCUT2D eigenvalue weighted by atomic mass is 16.6. The lowest BCUT2D eigenvalue weighted by Gasteiger charge is -2.18. The Morgan fingerprint density at radius 2 is 2.00 bits per heavy atom. The van der Waals surface area contributed by atoms with Crippen molar-refractivity contribution in [2.24, 2.45) is 0 Å². The van der Waals surface area contributed by atoms with E-state index in [9.17, 15) is 19.7 Å². The molecule has 3 rings (SSSR count). The third-order valence-electron chi connectivity index (χ3n) is 4.01. The number of nitrogens with zero attached hydrogens (tertiary/aromatic N) is 2. The molecule has 7 nitrogen and oxygen atoms in total. The topological polar surface area (TPSA) is 89.8 Å². The lowest BCUT2D eigenvalue weighted by Crippen LogP contribution is -2.39. The van der Waals surface area contributed by atoms with Crippen LogP contribution in [-0.2, 0) is 16.0 Å². The van der Waals surface area contributed by atoms with Crippen LogP contribution in [0.25, 0.3) is 6.08 Å². The van der Waals surface area contributed by atoms with Gasteiger partial charge in [0.2, 0.25) is 0 Å². The third kappa shape index (κ3) is 3.94. The van der Waals surface area contributed by atoms with E-state index in [2.05, 4.69) is 0 Å². The zero-order chi connectivity index (χ0) is 18.5. The predicted octanol–water partition coefficient (Wildman–Crippen LogP) is 3.20. The van der Waals surface area contributed by atoms with Crippen molar-refractivity contribution in [1.29, 1.82) is 0 Å². The van der Waals surface area contributed by atoms with Gasteiger partial charge in [-0.25, -0.2) is 9.69 Å². The number of amides is 2. The average Bonchev–Trinajstić information content (AvgIpc) is 3.01. The van der Waals surface area contributed by atoms with E-state index in [1.807, 2.05) is 30.3 Å². The highest BCUT2D eigenvalue weighted by Crippen LogP contribution is 2.19. The van der Waals surface area contributed by atoms with E-state index < -0.39 is 16.9 Å². The van der Waals surface area contributed by atoms with E-state index in [0.29, 0.717) is 12.0 Å². The second-order valence-electron chi connectivity index (χ2n) is 5.81. The summed E-state index contributed by atoms with van der Waals surface area (Å²) in [5.74, 6) is -0.514. The molecule has 0 aromatic heterocycles. The summed E-state index contributed by atoms with van der Waals surface area (Å²) < 4.78 is 5.02. The molecule has 0 radical (unpaired) electrons. The number of nitro benzene ring substituents is 1. The first-order valence-corrected chi connectivity index (χ1v) is 8.01. The van der Waals surface area contributed by atoms with Gasteiger partial charge in [0, 0.05) is 18.2 Å². The van der Waals surface area contributed by atoms with Gasteiger partial charge in [-0.05, 0) is 23.6 Å². The van der Waals surface area contributed by atoms with Crippen LogP contribution in [0.1, 0.15) is 11.1 Å². The van der Waals surface area contributed by atoms with Gasteiger partial charge in [-0.2, -0.15) is 0 Å². The second-order valence-corrected chi connectivity index (χ2v) is 5.81. The molecule has 1 aliphatic heterocycles. The van der Waals surface area contributed by atoms with E-state index >= 15 is 0 Å².